The number of imidazole rings is 1. The maximum absolute atomic E-state index is 11.8. The van der Waals surface area contributed by atoms with E-state index in [1.165, 1.54) is 17.1 Å². The van der Waals surface area contributed by atoms with E-state index in [0.717, 1.165) is 0 Å². The summed E-state index contributed by atoms with van der Waals surface area (Å²) in [6.07, 6.45) is 2.62. The minimum Gasteiger partial charge on any atom is -0.476 e. The average molecular weight is 326 g/mol. The zero-order valence-electron chi connectivity index (χ0n) is 10.7. The molecule has 0 spiro atoms. The van der Waals surface area contributed by atoms with E-state index in [1.54, 1.807) is 0 Å². The van der Waals surface area contributed by atoms with Crippen LogP contribution in [0.25, 0.3) is 0 Å². The number of urea groups is 1. The summed E-state index contributed by atoms with van der Waals surface area (Å²) in [7, 11) is 0. The van der Waals surface area contributed by atoms with Crippen molar-refractivity contribution >= 4 is 23.8 Å². The van der Waals surface area contributed by atoms with Gasteiger partial charge in [-0.2, -0.15) is 13.2 Å². The van der Waals surface area contributed by atoms with E-state index in [9.17, 15) is 22.8 Å². The molecule has 0 radical (unpaired) electrons. The Kier molecular flexibility index (Phi) is 6.34. The number of carbonyl (C=O) groups excluding carboxylic acids is 1. The molecule has 0 fully saturated rings. The highest BCUT2D eigenvalue weighted by molar-refractivity contribution is 8.00. The van der Waals surface area contributed by atoms with E-state index in [1.807, 2.05) is 0 Å². The molecule has 1 rings (SSSR count). The van der Waals surface area contributed by atoms with Crippen molar-refractivity contribution in [3.63, 3.8) is 0 Å². The summed E-state index contributed by atoms with van der Waals surface area (Å²) < 4.78 is 36.9. The Labute approximate surface area is 121 Å². The SMILES string of the molecule is O=C(NCCSC(F)(F)F)NCCn1cnc(C(=O)O)c1. The van der Waals surface area contributed by atoms with Crippen LogP contribution in [0.3, 0.4) is 0 Å². The lowest BCUT2D eigenvalue weighted by molar-refractivity contribution is -0.0327. The van der Waals surface area contributed by atoms with Crippen LogP contribution in [-0.2, 0) is 6.54 Å². The Morgan fingerprint density at radius 2 is 2.00 bits per heavy atom. The van der Waals surface area contributed by atoms with Gasteiger partial charge in [-0.15, -0.1) is 0 Å². The molecule has 0 saturated carbocycles. The van der Waals surface area contributed by atoms with Gasteiger partial charge in [-0.25, -0.2) is 14.6 Å². The minimum atomic E-state index is -4.30. The van der Waals surface area contributed by atoms with Crippen LogP contribution in [0.5, 0.6) is 0 Å². The van der Waals surface area contributed by atoms with Crippen LogP contribution < -0.4 is 10.6 Å². The number of carboxylic acids is 1. The number of halogens is 3. The summed E-state index contributed by atoms with van der Waals surface area (Å²) in [5.41, 5.74) is -4.41. The Morgan fingerprint density at radius 3 is 2.57 bits per heavy atom. The highest BCUT2D eigenvalue weighted by Gasteiger charge is 2.27. The lowest BCUT2D eigenvalue weighted by Crippen LogP contribution is -2.38. The number of carbonyl (C=O) groups is 2. The normalized spacial score (nSPS) is 11.2. The van der Waals surface area contributed by atoms with Gasteiger partial charge in [0.1, 0.15) is 0 Å². The van der Waals surface area contributed by atoms with Crippen molar-refractivity contribution in [2.24, 2.45) is 0 Å². The molecule has 0 aromatic carbocycles. The maximum Gasteiger partial charge on any atom is 0.441 e. The molecule has 1 aromatic heterocycles. The second-order valence-electron chi connectivity index (χ2n) is 3.78. The summed E-state index contributed by atoms with van der Waals surface area (Å²) in [6, 6.07) is -0.587. The first kappa shape index (κ1) is 17.1. The van der Waals surface area contributed by atoms with Gasteiger partial charge in [0.05, 0.1) is 6.33 Å². The van der Waals surface area contributed by atoms with Crippen LogP contribution in [0.15, 0.2) is 12.5 Å². The molecule has 2 amide bonds. The molecule has 21 heavy (non-hydrogen) atoms. The molecule has 118 valence electrons. The molecule has 7 nitrogen and oxygen atoms in total. The van der Waals surface area contributed by atoms with Crippen LogP contribution in [-0.4, -0.2) is 51.0 Å². The third kappa shape index (κ3) is 7.44. The van der Waals surface area contributed by atoms with E-state index < -0.39 is 17.5 Å². The molecule has 1 aromatic rings. The number of hydrogen-bond acceptors (Lipinski definition) is 4. The van der Waals surface area contributed by atoms with E-state index in [2.05, 4.69) is 15.6 Å². The fourth-order valence-electron chi connectivity index (χ4n) is 1.29. The number of amides is 2. The predicted octanol–water partition coefficient (Wildman–Crippen LogP) is 1.13. The van der Waals surface area contributed by atoms with E-state index in [0.29, 0.717) is 6.54 Å². The summed E-state index contributed by atoms with van der Waals surface area (Å²) in [5, 5.41) is 13.4. The number of nitrogens with zero attached hydrogens (tertiary/aromatic N) is 2. The first-order chi connectivity index (χ1) is 9.78. The van der Waals surface area contributed by atoms with Gasteiger partial charge in [-0.1, -0.05) is 0 Å². The van der Waals surface area contributed by atoms with Crippen molar-refractivity contribution in [1.29, 1.82) is 0 Å². The van der Waals surface area contributed by atoms with Crippen molar-refractivity contribution in [2.75, 3.05) is 18.8 Å². The molecule has 11 heteroatoms. The molecule has 1 heterocycles. The molecule has 0 saturated heterocycles. The highest BCUT2D eigenvalue weighted by atomic mass is 32.2. The topological polar surface area (TPSA) is 96.3 Å². The Hall–Kier alpha value is -1.91. The smallest absolute Gasteiger partial charge is 0.441 e. The van der Waals surface area contributed by atoms with E-state index in [4.69, 9.17) is 5.11 Å². The van der Waals surface area contributed by atoms with Gasteiger partial charge >= 0.3 is 17.5 Å². The van der Waals surface area contributed by atoms with Crippen molar-refractivity contribution < 1.29 is 27.9 Å². The zero-order valence-corrected chi connectivity index (χ0v) is 11.5. The largest absolute Gasteiger partial charge is 0.476 e. The average Bonchev–Trinajstić information content (AvgIpc) is 2.82. The predicted molar refractivity (Wildman–Crippen MR) is 69.1 cm³/mol. The van der Waals surface area contributed by atoms with Crippen LogP contribution in [0.4, 0.5) is 18.0 Å². The summed E-state index contributed by atoms with van der Waals surface area (Å²) in [5.74, 6) is -1.41. The number of aromatic nitrogens is 2. The van der Waals surface area contributed by atoms with Crippen LogP contribution in [0, 0.1) is 0 Å². The first-order valence-electron chi connectivity index (χ1n) is 5.75. The van der Waals surface area contributed by atoms with Gasteiger partial charge in [0.15, 0.2) is 5.69 Å². The maximum atomic E-state index is 11.8. The molecule has 0 atom stereocenters. The quantitative estimate of drug-likeness (QED) is 0.653. The molecular formula is C10H13F3N4O3S. The molecular weight excluding hydrogens is 313 g/mol. The van der Waals surface area contributed by atoms with Gasteiger partial charge in [-0.05, 0) is 11.8 Å². The van der Waals surface area contributed by atoms with Crippen LogP contribution in [0.1, 0.15) is 10.5 Å². The lowest BCUT2D eigenvalue weighted by atomic mass is 10.5. The summed E-state index contributed by atoms with van der Waals surface area (Å²) in [4.78, 5) is 25.4. The van der Waals surface area contributed by atoms with Gasteiger partial charge in [0.25, 0.3) is 0 Å². The second-order valence-corrected chi connectivity index (χ2v) is 4.94. The standard InChI is InChI=1S/C10H13F3N4O3S/c11-10(12,13)21-4-2-15-9(20)14-1-3-17-5-7(8(18)19)16-6-17/h5-6H,1-4H2,(H,18,19)(H2,14,15,20). The highest BCUT2D eigenvalue weighted by Crippen LogP contribution is 2.29. The number of nitrogens with one attached hydrogen (secondary N) is 2. The molecule has 0 aliphatic heterocycles. The summed E-state index contributed by atoms with van der Waals surface area (Å²) >= 11 is -0.209. The van der Waals surface area contributed by atoms with Gasteiger partial charge < -0.3 is 20.3 Å². The lowest BCUT2D eigenvalue weighted by Gasteiger charge is -2.08. The Morgan fingerprint density at radius 1 is 1.33 bits per heavy atom. The van der Waals surface area contributed by atoms with Crippen LogP contribution in [0.2, 0.25) is 0 Å². The van der Waals surface area contributed by atoms with E-state index in [-0.39, 0.29) is 36.3 Å². The molecule has 0 aliphatic rings. The van der Waals surface area contributed by atoms with Crippen molar-refractivity contribution in [3.05, 3.63) is 18.2 Å². The molecule has 0 aliphatic carbocycles. The second kappa shape index (κ2) is 7.76. The fourth-order valence-corrected chi connectivity index (χ4v) is 1.72. The van der Waals surface area contributed by atoms with Crippen LogP contribution >= 0.6 is 11.8 Å². The van der Waals surface area contributed by atoms with E-state index >= 15 is 0 Å². The monoisotopic (exact) mass is 326 g/mol. The molecule has 0 unspecified atom stereocenters. The number of carboxylic acid groups (broad SMARTS) is 1. The minimum absolute atomic E-state index is 0.107. The Balaban J connectivity index is 2.14. The van der Waals surface area contributed by atoms with Crippen molar-refractivity contribution in [2.45, 2.75) is 12.1 Å². The van der Waals surface area contributed by atoms with Gasteiger partial charge in [0.2, 0.25) is 0 Å². The number of hydrogen-bond donors (Lipinski definition) is 3. The molecule has 3 N–H and O–H groups in total. The third-order valence-corrected chi connectivity index (χ3v) is 2.90. The number of aromatic carboxylic acids is 1. The van der Waals surface area contributed by atoms with Gasteiger partial charge in [0, 0.05) is 31.6 Å². The zero-order chi connectivity index (χ0) is 15.9. The van der Waals surface area contributed by atoms with Crippen molar-refractivity contribution in [1.82, 2.24) is 20.2 Å². The number of rotatable bonds is 7. The third-order valence-electron chi connectivity index (χ3n) is 2.16. The molecule has 0 bridgehead atoms. The first-order valence-corrected chi connectivity index (χ1v) is 6.74. The number of thioether (sulfide) groups is 1. The van der Waals surface area contributed by atoms with Crippen molar-refractivity contribution in [3.8, 4) is 0 Å². The number of alkyl halides is 3. The Bertz CT molecular complexity index is 492. The van der Waals surface area contributed by atoms with Gasteiger partial charge in [-0.3, -0.25) is 0 Å². The fraction of sp³-hybridized carbons (Fsp3) is 0.500. The summed E-state index contributed by atoms with van der Waals surface area (Å²) in [6.45, 7) is 0.378.